The van der Waals surface area contributed by atoms with Gasteiger partial charge in [-0.2, -0.15) is 0 Å². The summed E-state index contributed by atoms with van der Waals surface area (Å²) in [6.45, 7) is 2.25. The van der Waals surface area contributed by atoms with Crippen LogP contribution in [-0.4, -0.2) is 7.05 Å². The lowest BCUT2D eigenvalue weighted by Gasteiger charge is -2.34. The summed E-state index contributed by atoms with van der Waals surface area (Å²) in [5.74, 6) is 0.862. The summed E-state index contributed by atoms with van der Waals surface area (Å²) in [4.78, 5) is 0. The highest BCUT2D eigenvalue weighted by molar-refractivity contribution is 5.26. The molecule has 0 heterocycles. The first-order chi connectivity index (χ1) is 8.35. The van der Waals surface area contributed by atoms with Gasteiger partial charge < -0.3 is 5.32 Å². The number of hydrogen-bond acceptors (Lipinski definition) is 1. The molecule has 1 atom stereocenters. The van der Waals surface area contributed by atoms with Crippen LogP contribution in [0.5, 0.6) is 0 Å². The van der Waals surface area contributed by atoms with E-state index in [-0.39, 0.29) is 0 Å². The third-order valence-electron chi connectivity index (χ3n) is 4.09. The van der Waals surface area contributed by atoms with E-state index >= 15 is 0 Å². The molecule has 2 rings (SSSR count). The Morgan fingerprint density at radius 1 is 1.24 bits per heavy atom. The van der Waals surface area contributed by atoms with Gasteiger partial charge in [-0.15, -0.1) is 0 Å². The Morgan fingerprint density at radius 2 is 1.94 bits per heavy atom. The van der Waals surface area contributed by atoms with E-state index in [2.05, 4.69) is 43.6 Å². The Balaban J connectivity index is 1.99. The van der Waals surface area contributed by atoms with Crippen molar-refractivity contribution in [1.82, 2.24) is 5.32 Å². The van der Waals surface area contributed by atoms with E-state index in [0.29, 0.717) is 6.04 Å². The van der Waals surface area contributed by atoms with E-state index in [1.165, 1.54) is 49.7 Å². The van der Waals surface area contributed by atoms with E-state index < -0.39 is 0 Å². The Morgan fingerprint density at radius 3 is 2.41 bits per heavy atom. The highest BCUT2D eigenvalue weighted by Crippen LogP contribution is 2.37. The molecule has 1 fully saturated rings. The van der Waals surface area contributed by atoms with Crippen LogP contribution in [0.25, 0.3) is 0 Å². The summed E-state index contributed by atoms with van der Waals surface area (Å²) < 4.78 is 0. The highest BCUT2D eigenvalue weighted by Gasteiger charge is 2.26. The Hall–Kier alpha value is -0.820. The Labute approximate surface area is 106 Å². The SMILES string of the molecule is CCCCc1ccc(C(NC)C2CCC2)cc1. The predicted octanol–water partition coefficient (Wildman–Crippen LogP) is 4.09. The van der Waals surface area contributed by atoms with E-state index in [4.69, 9.17) is 0 Å². The van der Waals surface area contributed by atoms with Gasteiger partial charge in [0.15, 0.2) is 0 Å². The molecule has 0 aromatic heterocycles. The van der Waals surface area contributed by atoms with Crippen LogP contribution in [0.1, 0.15) is 56.2 Å². The number of hydrogen-bond donors (Lipinski definition) is 1. The van der Waals surface area contributed by atoms with Crippen molar-refractivity contribution in [1.29, 1.82) is 0 Å². The van der Waals surface area contributed by atoms with Gasteiger partial charge in [0.05, 0.1) is 0 Å². The molecule has 94 valence electrons. The Kier molecular flexibility index (Phi) is 4.61. The average molecular weight is 231 g/mol. The number of nitrogens with one attached hydrogen (secondary N) is 1. The first-order valence-corrected chi connectivity index (χ1v) is 7.11. The van der Waals surface area contributed by atoms with E-state index in [9.17, 15) is 0 Å². The van der Waals surface area contributed by atoms with Crippen molar-refractivity contribution in [2.45, 2.75) is 51.5 Å². The third-order valence-corrected chi connectivity index (χ3v) is 4.09. The molecule has 0 radical (unpaired) electrons. The number of unbranched alkanes of at least 4 members (excludes halogenated alkanes) is 1. The molecule has 1 nitrogen and oxygen atoms in total. The summed E-state index contributed by atoms with van der Waals surface area (Å²) in [5.41, 5.74) is 2.96. The minimum absolute atomic E-state index is 0.573. The van der Waals surface area contributed by atoms with Crippen LogP contribution in [0.15, 0.2) is 24.3 Å². The summed E-state index contributed by atoms with van der Waals surface area (Å²) in [6.07, 6.45) is 8.01. The molecule has 1 unspecified atom stereocenters. The van der Waals surface area contributed by atoms with Gasteiger partial charge in [0.1, 0.15) is 0 Å². The van der Waals surface area contributed by atoms with Crippen molar-refractivity contribution in [2.75, 3.05) is 7.05 Å². The van der Waals surface area contributed by atoms with Gasteiger partial charge in [-0.3, -0.25) is 0 Å². The van der Waals surface area contributed by atoms with Gasteiger partial charge in [-0.1, -0.05) is 44.0 Å². The first kappa shape index (κ1) is 12.6. The van der Waals surface area contributed by atoms with Gasteiger partial charge in [-0.05, 0) is 49.8 Å². The van der Waals surface area contributed by atoms with Crippen molar-refractivity contribution in [3.8, 4) is 0 Å². The summed E-state index contributed by atoms with van der Waals surface area (Å²) in [5, 5.41) is 3.48. The molecule has 1 N–H and O–H groups in total. The molecular weight excluding hydrogens is 206 g/mol. The molecule has 1 saturated carbocycles. The Bertz CT molecular complexity index is 324. The zero-order valence-electron chi connectivity index (χ0n) is 11.2. The lowest BCUT2D eigenvalue weighted by Crippen LogP contribution is -2.29. The summed E-state index contributed by atoms with van der Waals surface area (Å²) >= 11 is 0. The molecule has 0 amide bonds. The van der Waals surface area contributed by atoms with Crippen LogP contribution in [-0.2, 0) is 6.42 Å². The molecule has 0 saturated heterocycles. The molecule has 1 aromatic rings. The maximum atomic E-state index is 3.48. The van der Waals surface area contributed by atoms with Crippen molar-refractivity contribution in [2.24, 2.45) is 5.92 Å². The van der Waals surface area contributed by atoms with Crippen LogP contribution >= 0.6 is 0 Å². The van der Waals surface area contributed by atoms with Crippen LogP contribution in [0.3, 0.4) is 0 Å². The summed E-state index contributed by atoms with van der Waals surface area (Å²) in [7, 11) is 2.09. The molecule has 1 aliphatic rings. The largest absolute Gasteiger partial charge is 0.313 e. The smallest absolute Gasteiger partial charge is 0.0346 e. The van der Waals surface area contributed by atoms with Gasteiger partial charge in [0.2, 0.25) is 0 Å². The van der Waals surface area contributed by atoms with Gasteiger partial charge >= 0.3 is 0 Å². The van der Waals surface area contributed by atoms with Gasteiger partial charge in [0.25, 0.3) is 0 Å². The van der Waals surface area contributed by atoms with E-state index in [1.54, 1.807) is 0 Å². The molecular formula is C16H25N. The van der Waals surface area contributed by atoms with Crippen LogP contribution in [0.2, 0.25) is 0 Å². The number of aryl methyl sites for hydroxylation is 1. The zero-order chi connectivity index (χ0) is 12.1. The topological polar surface area (TPSA) is 12.0 Å². The maximum absolute atomic E-state index is 3.48. The molecule has 1 aromatic carbocycles. The molecule has 0 spiro atoms. The first-order valence-electron chi connectivity index (χ1n) is 7.11. The number of rotatable bonds is 6. The molecule has 0 bridgehead atoms. The van der Waals surface area contributed by atoms with Crippen LogP contribution < -0.4 is 5.32 Å². The third kappa shape index (κ3) is 3.10. The zero-order valence-corrected chi connectivity index (χ0v) is 11.2. The van der Waals surface area contributed by atoms with Crippen molar-refractivity contribution < 1.29 is 0 Å². The summed E-state index contributed by atoms with van der Waals surface area (Å²) in [6, 6.07) is 9.85. The second kappa shape index (κ2) is 6.20. The molecule has 1 aliphatic carbocycles. The molecule has 17 heavy (non-hydrogen) atoms. The van der Waals surface area contributed by atoms with Crippen molar-refractivity contribution in [3.05, 3.63) is 35.4 Å². The monoisotopic (exact) mass is 231 g/mol. The molecule has 0 aliphatic heterocycles. The molecule has 1 heteroatoms. The minimum atomic E-state index is 0.573. The second-order valence-electron chi connectivity index (χ2n) is 5.30. The standard InChI is InChI=1S/C16H25N/c1-3-4-6-13-9-11-15(12-10-13)16(17-2)14-7-5-8-14/h9-12,14,16-17H,3-8H2,1-2H3. The lowest BCUT2D eigenvalue weighted by molar-refractivity contribution is 0.239. The van der Waals surface area contributed by atoms with Gasteiger partial charge in [0, 0.05) is 6.04 Å². The number of benzene rings is 1. The maximum Gasteiger partial charge on any atom is 0.0346 e. The highest BCUT2D eigenvalue weighted by atomic mass is 14.9. The van der Waals surface area contributed by atoms with Crippen molar-refractivity contribution >= 4 is 0 Å². The fourth-order valence-electron chi connectivity index (χ4n) is 2.72. The average Bonchev–Trinajstić information content (AvgIpc) is 2.32. The lowest BCUT2D eigenvalue weighted by atomic mass is 9.77. The fourth-order valence-corrected chi connectivity index (χ4v) is 2.72. The van der Waals surface area contributed by atoms with Gasteiger partial charge in [-0.25, -0.2) is 0 Å². The van der Waals surface area contributed by atoms with Crippen LogP contribution in [0, 0.1) is 5.92 Å². The quantitative estimate of drug-likeness (QED) is 0.777. The fraction of sp³-hybridized carbons (Fsp3) is 0.625. The minimum Gasteiger partial charge on any atom is -0.313 e. The van der Waals surface area contributed by atoms with Crippen LogP contribution in [0.4, 0.5) is 0 Å². The normalized spacial score (nSPS) is 17.8. The predicted molar refractivity (Wildman–Crippen MR) is 74.2 cm³/mol. The van der Waals surface area contributed by atoms with Crippen molar-refractivity contribution in [3.63, 3.8) is 0 Å². The second-order valence-corrected chi connectivity index (χ2v) is 5.30. The van der Waals surface area contributed by atoms with E-state index in [1.807, 2.05) is 0 Å². The van der Waals surface area contributed by atoms with E-state index in [0.717, 1.165) is 5.92 Å².